The van der Waals surface area contributed by atoms with Crippen molar-refractivity contribution >= 4 is 17.9 Å². The van der Waals surface area contributed by atoms with Crippen molar-refractivity contribution < 1.29 is 28.6 Å². The molecule has 6 heteroatoms. The molecule has 0 aliphatic heterocycles. The van der Waals surface area contributed by atoms with Gasteiger partial charge in [-0.05, 0) is 116 Å². The van der Waals surface area contributed by atoms with E-state index in [1.165, 1.54) is 167 Å². The molecule has 0 saturated carbocycles. The van der Waals surface area contributed by atoms with E-state index in [0.717, 1.165) is 109 Å². The zero-order valence-corrected chi connectivity index (χ0v) is 49.6. The first kappa shape index (κ1) is 71.6. The van der Waals surface area contributed by atoms with E-state index < -0.39 is 6.10 Å². The van der Waals surface area contributed by atoms with Crippen LogP contribution in [0.4, 0.5) is 0 Å². The van der Waals surface area contributed by atoms with Crippen molar-refractivity contribution in [3.63, 3.8) is 0 Å². The number of carbonyl (C=O) groups is 3. The molecular formula is C69H120O6. The fourth-order valence-corrected chi connectivity index (χ4v) is 9.05. The summed E-state index contributed by atoms with van der Waals surface area (Å²) in [5.41, 5.74) is 0. The number of hydrogen-bond acceptors (Lipinski definition) is 6. The van der Waals surface area contributed by atoms with E-state index in [2.05, 4.69) is 106 Å². The quantitative estimate of drug-likeness (QED) is 0.0261. The molecule has 1 unspecified atom stereocenters. The fraction of sp³-hybridized carbons (Fsp3) is 0.754. The third kappa shape index (κ3) is 61.3. The van der Waals surface area contributed by atoms with Crippen LogP contribution in [-0.2, 0) is 28.6 Å². The number of unbranched alkanes of at least 4 members (excludes halogenated alkanes) is 33. The number of hydrogen-bond donors (Lipinski definition) is 0. The van der Waals surface area contributed by atoms with Crippen LogP contribution in [0.25, 0.3) is 0 Å². The highest BCUT2D eigenvalue weighted by molar-refractivity contribution is 5.71. The van der Waals surface area contributed by atoms with Gasteiger partial charge in [0.2, 0.25) is 0 Å². The Kier molecular flexibility index (Phi) is 60.3. The molecule has 0 aromatic heterocycles. The van der Waals surface area contributed by atoms with Crippen LogP contribution in [0.5, 0.6) is 0 Å². The van der Waals surface area contributed by atoms with E-state index >= 15 is 0 Å². The van der Waals surface area contributed by atoms with Crippen molar-refractivity contribution in [3.8, 4) is 0 Å². The maximum atomic E-state index is 12.8. The van der Waals surface area contributed by atoms with Gasteiger partial charge >= 0.3 is 17.9 Å². The highest BCUT2D eigenvalue weighted by Crippen LogP contribution is 2.16. The van der Waals surface area contributed by atoms with E-state index in [1.807, 2.05) is 0 Å². The second-order valence-electron chi connectivity index (χ2n) is 21.3. The molecule has 75 heavy (non-hydrogen) atoms. The maximum Gasteiger partial charge on any atom is 0.306 e. The lowest BCUT2D eigenvalue weighted by molar-refractivity contribution is -0.167. The monoisotopic (exact) mass is 1040 g/mol. The lowest BCUT2D eigenvalue weighted by Gasteiger charge is -2.18. The van der Waals surface area contributed by atoms with Crippen LogP contribution in [0.15, 0.2) is 85.1 Å². The Balaban J connectivity index is 4.16. The van der Waals surface area contributed by atoms with E-state index in [4.69, 9.17) is 14.2 Å². The molecule has 0 aromatic rings. The Morgan fingerprint density at radius 2 is 0.520 bits per heavy atom. The van der Waals surface area contributed by atoms with Crippen LogP contribution in [-0.4, -0.2) is 37.2 Å². The molecule has 0 saturated heterocycles. The van der Waals surface area contributed by atoms with Crippen LogP contribution in [0.1, 0.15) is 316 Å². The third-order valence-corrected chi connectivity index (χ3v) is 13.9. The van der Waals surface area contributed by atoms with Gasteiger partial charge in [-0.1, -0.05) is 266 Å². The van der Waals surface area contributed by atoms with Crippen LogP contribution in [0.3, 0.4) is 0 Å². The SMILES string of the molecule is CC/C=C\C/C=C\C/C=C\C/C=C\C/C=C\CCCCCCCCCCCCCCCCCC(=O)OCC(COC(=O)CCCCCCC/C=C\CCCCCC)OC(=O)CCCCCCC/C=C\CCCCCC. The molecule has 0 radical (unpaired) electrons. The maximum absolute atomic E-state index is 12.8. The predicted molar refractivity (Wildman–Crippen MR) is 325 cm³/mol. The van der Waals surface area contributed by atoms with Crippen molar-refractivity contribution in [2.45, 2.75) is 322 Å². The molecule has 0 heterocycles. The van der Waals surface area contributed by atoms with Crippen LogP contribution in [0, 0.1) is 0 Å². The summed E-state index contributed by atoms with van der Waals surface area (Å²) in [5.74, 6) is -0.887. The van der Waals surface area contributed by atoms with Gasteiger partial charge in [-0.3, -0.25) is 14.4 Å². The number of rotatable bonds is 58. The molecule has 0 N–H and O–H groups in total. The highest BCUT2D eigenvalue weighted by atomic mass is 16.6. The van der Waals surface area contributed by atoms with E-state index in [-0.39, 0.29) is 31.1 Å². The van der Waals surface area contributed by atoms with Crippen molar-refractivity contribution in [2.75, 3.05) is 13.2 Å². The van der Waals surface area contributed by atoms with E-state index in [0.29, 0.717) is 19.3 Å². The summed E-state index contributed by atoms with van der Waals surface area (Å²) in [6.45, 7) is 6.51. The van der Waals surface area contributed by atoms with Crippen LogP contribution >= 0.6 is 0 Å². The predicted octanol–water partition coefficient (Wildman–Crippen LogP) is 21.9. The highest BCUT2D eigenvalue weighted by Gasteiger charge is 2.19. The van der Waals surface area contributed by atoms with Gasteiger partial charge in [0.25, 0.3) is 0 Å². The van der Waals surface area contributed by atoms with Gasteiger partial charge in [-0.25, -0.2) is 0 Å². The van der Waals surface area contributed by atoms with Gasteiger partial charge in [-0.15, -0.1) is 0 Å². The number of ether oxygens (including phenoxy) is 3. The summed E-state index contributed by atoms with van der Waals surface area (Å²) in [6.07, 6.45) is 83.1. The zero-order chi connectivity index (χ0) is 54.3. The van der Waals surface area contributed by atoms with Crippen molar-refractivity contribution in [1.82, 2.24) is 0 Å². The van der Waals surface area contributed by atoms with Gasteiger partial charge in [0.15, 0.2) is 6.10 Å². The first-order valence-corrected chi connectivity index (χ1v) is 32.1. The standard InChI is InChI=1S/C69H120O6/c1-4-7-10-13-16-19-22-25-26-27-28-29-30-31-32-33-34-35-36-37-38-39-40-41-42-45-47-50-53-56-59-62-68(71)74-65-66(75-69(72)63-60-57-54-51-48-44-24-21-18-15-12-9-6-3)64-73-67(70)61-58-55-52-49-46-43-23-20-17-14-11-8-5-2/h7,10,16,19-21,23-26,28-29,31-32,66H,4-6,8-9,11-15,17-18,22,27,30,33-65H2,1-3H3/b10-7-,19-16-,23-20-,24-21-,26-25-,29-28-,32-31-. The molecule has 0 fully saturated rings. The Morgan fingerprint density at radius 3 is 0.827 bits per heavy atom. The molecule has 0 bridgehead atoms. The number of carbonyl (C=O) groups excluding carboxylic acids is 3. The molecule has 0 aliphatic carbocycles. The summed E-state index contributed by atoms with van der Waals surface area (Å²) < 4.78 is 16.9. The average Bonchev–Trinajstić information content (AvgIpc) is 3.41. The molecule has 1 atom stereocenters. The van der Waals surface area contributed by atoms with Gasteiger partial charge in [-0.2, -0.15) is 0 Å². The molecular weight excluding hydrogens is 925 g/mol. The third-order valence-electron chi connectivity index (χ3n) is 13.9. The molecule has 6 nitrogen and oxygen atoms in total. The summed E-state index contributed by atoms with van der Waals surface area (Å²) in [6, 6.07) is 0. The summed E-state index contributed by atoms with van der Waals surface area (Å²) >= 11 is 0. The Morgan fingerprint density at radius 1 is 0.280 bits per heavy atom. The van der Waals surface area contributed by atoms with Crippen LogP contribution in [0.2, 0.25) is 0 Å². The molecule has 0 aliphatic rings. The minimum Gasteiger partial charge on any atom is -0.462 e. The Hall–Kier alpha value is -3.41. The Labute approximate surface area is 465 Å². The summed E-state index contributed by atoms with van der Waals surface area (Å²) in [4.78, 5) is 38.2. The normalized spacial score (nSPS) is 12.6. The molecule has 0 amide bonds. The largest absolute Gasteiger partial charge is 0.462 e. The molecule has 0 spiro atoms. The van der Waals surface area contributed by atoms with Crippen LogP contribution < -0.4 is 0 Å². The second-order valence-corrected chi connectivity index (χ2v) is 21.3. The van der Waals surface area contributed by atoms with Crippen molar-refractivity contribution in [3.05, 3.63) is 85.1 Å². The van der Waals surface area contributed by atoms with Crippen molar-refractivity contribution in [1.29, 1.82) is 0 Å². The first-order valence-electron chi connectivity index (χ1n) is 32.1. The fourth-order valence-electron chi connectivity index (χ4n) is 9.05. The van der Waals surface area contributed by atoms with Crippen molar-refractivity contribution in [2.24, 2.45) is 0 Å². The summed E-state index contributed by atoms with van der Waals surface area (Å²) in [5, 5.41) is 0. The van der Waals surface area contributed by atoms with E-state index in [1.54, 1.807) is 0 Å². The minimum absolute atomic E-state index is 0.0798. The summed E-state index contributed by atoms with van der Waals surface area (Å²) in [7, 11) is 0. The lowest BCUT2D eigenvalue weighted by atomic mass is 10.0. The van der Waals surface area contributed by atoms with Gasteiger partial charge in [0.1, 0.15) is 13.2 Å². The first-order chi connectivity index (χ1) is 37.0. The minimum atomic E-state index is -0.782. The smallest absolute Gasteiger partial charge is 0.306 e. The van der Waals surface area contributed by atoms with Gasteiger partial charge < -0.3 is 14.2 Å². The molecule has 0 rings (SSSR count). The number of esters is 3. The van der Waals surface area contributed by atoms with Gasteiger partial charge in [0, 0.05) is 19.3 Å². The number of allylic oxidation sites excluding steroid dienone is 14. The van der Waals surface area contributed by atoms with Gasteiger partial charge in [0.05, 0.1) is 0 Å². The zero-order valence-electron chi connectivity index (χ0n) is 49.6. The average molecular weight is 1050 g/mol. The van der Waals surface area contributed by atoms with E-state index in [9.17, 15) is 14.4 Å². The topological polar surface area (TPSA) is 78.9 Å². The molecule has 0 aromatic carbocycles. The molecule has 432 valence electrons. The lowest BCUT2D eigenvalue weighted by Crippen LogP contribution is -2.30. The second kappa shape index (κ2) is 63.1. The Bertz CT molecular complexity index is 1430.